The number of benzene rings is 1. The van der Waals surface area contributed by atoms with Crippen LogP contribution in [0.3, 0.4) is 0 Å². The lowest BCUT2D eigenvalue weighted by atomic mass is 9.99. The Bertz CT molecular complexity index is 1260. The van der Waals surface area contributed by atoms with Gasteiger partial charge in [0, 0.05) is 43.0 Å². The van der Waals surface area contributed by atoms with Gasteiger partial charge >= 0.3 is 0 Å². The molecule has 2 aliphatic rings. The molecule has 2 aliphatic heterocycles. The number of anilines is 1. The van der Waals surface area contributed by atoms with Crippen LogP contribution >= 0.6 is 0 Å². The van der Waals surface area contributed by atoms with Gasteiger partial charge in [-0.05, 0) is 57.4 Å². The lowest BCUT2D eigenvalue weighted by Gasteiger charge is -2.29. The number of aromatic nitrogens is 3. The number of nitrogens with one attached hydrogen (secondary N) is 2. The van der Waals surface area contributed by atoms with Gasteiger partial charge in [0.05, 0.1) is 24.3 Å². The lowest BCUT2D eigenvalue weighted by Crippen LogP contribution is -2.45. The van der Waals surface area contributed by atoms with Crippen LogP contribution in [-0.2, 0) is 11.2 Å². The third-order valence-electron chi connectivity index (χ3n) is 7.49. The molecule has 2 atom stereocenters. The number of fused-ring (bicyclic) bond motifs is 1. The van der Waals surface area contributed by atoms with E-state index in [1.165, 1.54) is 5.56 Å². The van der Waals surface area contributed by atoms with E-state index in [2.05, 4.69) is 68.4 Å². The molecule has 8 heteroatoms. The van der Waals surface area contributed by atoms with E-state index in [0.717, 1.165) is 74.6 Å². The maximum absolute atomic E-state index is 14.1. The van der Waals surface area contributed by atoms with E-state index < -0.39 is 0 Å². The molecule has 2 N–H and O–H groups in total. The number of rotatable bonds is 7. The van der Waals surface area contributed by atoms with Crippen molar-refractivity contribution in [2.24, 2.45) is 0 Å². The molecule has 4 heterocycles. The summed E-state index contributed by atoms with van der Waals surface area (Å²) in [6.45, 7) is 11.2. The summed E-state index contributed by atoms with van der Waals surface area (Å²) in [4.78, 5) is 16.2. The molecule has 2 aromatic heterocycles. The Morgan fingerprint density at radius 3 is 2.78 bits per heavy atom. The zero-order chi connectivity index (χ0) is 25.1. The number of hydrogen-bond donors (Lipinski definition) is 2. The summed E-state index contributed by atoms with van der Waals surface area (Å²) in [5.74, 6) is 0.739. The number of ether oxygens (including phenoxy) is 1. The van der Waals surface area contributed by atoms with Crippen LogP contribution in [-0.4, -0.2) is 60.2 Å². The molecule has 1 aromatic carbocycles. The van der Waals surface area contributed by atoms with E-state index in [4.69, 9.17) is 4.74 Å². The Kier molecular flexibility index (Phi) is 7.65. The number of hydrogen-bond acceptors (Lipinski definition) is 7. The largest absolute Gasteiger partial charge is 0.378 e. The Morgan fingerprint density at radius 1 is 1.22 bits per heavy atom. The number of piperidine rings is 1. The van der Waals surface area contributed by atoms with E-state index in [9.17, 15) is 4.79 Å². The van der Waals surface area contributed by atoms with E-state index >= 15 is 0 Å². The summed E-state index contributed by atoms with van der Waals surface area (Å²) >= 11 is 0. The maximum Gasteiger partial charge on any atom is 0.196 e. The number of morpholine rings is 1. The highest BCUT2D eigenvalue weighted by molar-refractivity contribution is 5.81. The quantitative estimate of drug-likeness (QED) is 0.526. The van der Waals surface area contributed by atoms with E-state index in [1.807, 2.05) is 13.0 Å². The summed E-state index contributed by atoms with van der Waals surface area (Å²) < 4.78 is 7.67. The van der Waals surface area contributed by atoms with Crippen molar-refractivity contribution < 1.29 is 4.74 Å². The van der Waals surface area contributed by atoms with Gasteiger partial charge in [-0.3, -0.25) is 9.36 Å². The molecular formula is C28H38N6O2. The second-order valence-electron chi connectivity index (χ2n) is 10.0. The minimum absolute atomic E-state index is 0.0416. The molecule has 0 spiro atoms. The van der Waals surface area contributed by atoms with Crippen LogP contribution in [0.5, 0.6) is 0 Å². The Hall–Kier alpha value is -2.81. The molecule has 0 saturated carbocycles. The zero-order valence-corrected chi connectivity index (χ0v) is 21.7. The highest BCUT2D eigenvalue weighted by atomic mass is 16.5. The van der Waals surface area contributed by atoms with E-state index in [0.29, 0.717) is 30.3 Å². The first-order valence-electron chi connectivity index (χ1n) is 13.4. The molecule has 0 radical (unpaired) electrons. The second kappa shape index (κ2) is 11.1. The van der Waals surface area contributed by atoms with Gasteiger partial charge in [0.2, 0.25) is 0 Å². The highest BCUT2D eigenvalue weighted by Crippen LogP contribution is 2.28. The molecule has 3 aromatic rings. The van der Waals surface area contributed by atoms with Gasteiger partial charge in [0.1, 0.15) is 0 Å². The highest BCUT2D eigenvalue weighted by Gasteiger charge is 2.25. The molecule has 2 unspecified atom stereocenters. The lowest BCUT2D eigenvalue weighted by molar-refractivity contribution is 0.122. The Labute approximate surface area is 213 Å². The van der Waals surface area contributed by atoms with Crippen LogP contribution in [0.4, 0.5) is 5.82 Å². The predicted molar refractivity (Wildman–Crippen MR) is 144 cm³/mol. The van der Waals surface area contributed by atoms with Crippen molar-refractivity contribution in [3.63, 3.8) is 0 Å². The fraction of sp³-hybridized carbons (Fsp3) is 0.536. The van der Waals surface area contributed by atoms with Crippen molar-refractivity contribution in [2.45, 2.75) is 58.5 Å². The molecule has 8 nitrogen and oxygen atoms in total. The van der Waals surface area contributed by atoms with E-state index in [1.54, 1.807) is 0 Å². The van der Waals surface area contributed by atoms with Gasteiger partial charge in [-0.15, -0.1) is 10.2 Å². The van der Waals surface area contributed by atoms with Crippen molar-refractivity contribution in [3.8, 4) is 5.69 Å². The first-order chi connectivity index (χ1) is 17.6. The number of para-hydroxylation sites is 1. The summed E-state index contributed by atoms with van der Waals surface area (Å²) in [5.41, 5.74) is 4.71. The van der Waals surface area contributed by atoms with Crippen molar-refractivity contribution in [2.75, 3.05) is 44.3 Å². The van der Waals surface area contributed by atoms with Crippen LogP contribution in [0.2, 0.25) is 0 Å². The van der Waals surface area contributed by atoms with Crippen LogP contribution in [0.1, 0.15) is 56.0 Å². The zero-order valence-electron chi connectivity index (χ0n) is 21.7. The molecular weight excluding hydrogens is 452 g/mol. The fourth-order valence-corrected chi connectivity index (χ4v) is 5.69. The van der Waals surface area contributed by atoms with Gasteiger partial charge in [0.15, 0.2) is 16.9 Å². The van der Waals surface area contributed by atoms with Crippen LogP contribution in [0, 0.1) is 6.92 Å². The fourth-order valence-electron chi connectivity index (χ4n) is 5.69. The monoisotopic (exact) mass is 490 g/mol. The van der Waals surface area contributed by atoms with Crippen molar-refractivity contribution in [1.82, 2.24) is 25.4 Å². The number of pyridine rings is 1. The summed E-state index contributed by atoms with van der Waals surface area (Å²) in [6.07, 6.45) is 4.26. The molecule has 0 bridgehead atoms. The average molecular weight is 491 g/mol. The van der Waals surface area contributed by atoms with Crippen LogP contribution < -0.4 is 21.0 Å². The first kappa shape index (κ1) is 24.9. The van der Waals surface area contributed by atoms with Gasteiger partial charge in [0.25, 0.3) is 0 Å². The summed E-state index contributed by atoms with van der Waals surface area (Å²) in [6, 6.07) is 10.6. The minimum Gasteiger partial charge on any atom is -0.378 e. The van der Waals surface area contributed by atoms with Gasteiger partial charge in [-0.2, -0.15) is 0 Å². The minimum atomic E-state index is -0.0867. The van der Waals surface area contributed by atoms with E-state index in [-0.39, 0.29) is 11.5 Å². The smallest absolute Gasteiger partial charge is 0.196 e. The molecule has 2 saturated heterocycles. The number of aryl methyl sites for hydroxylation is 1. The van der Waals surface area contributed by atoms with Crippen LogP contribution in [0.15, 0.2) is 35.1 Å². The van der Waals surface area contributed by atoms with Crippen molar-refractivity contribution >= 4 is 16.9 Å². The summed E-state index contributed by atoms with van der Waals surface area (Å²) in [5, 5.41) is 17.1. The Morgan fingerprint density at radius 2 is 2.03 bits per heavy atom. The summed E-state index contributed by atoms with van der Waals surface area (Å²) in [7, 11) is 0. The third kappa shape index (κ3) is 4.90. The number of nitrogens with zero attached hydrogens (tertiary/aromatic N) is 4. The normalized spacial score (nSPS) is 19.5. The first-order valence-corrected chi connectivity index (χ1v) is 13.4. The molecule has 192 valence electrons. The molecule has 2 fully saturated rings. The van der Waals surface area contributed by atoms with Crippen LogP contribution in [0.25, 0.3) is 16.7 Å². The maximum atomic E-state index is 14.1. The van der Waals surface area contributed by atoms with Gasteiger partial charge < -0.3 is 20.3 Å². The van der Waals surface area contributed by atoms with Gasteiger partial charge in [-0.1, -0.05) is 31.5 Å². The molecule has 0 amide bonds. The van der Waals surface area contributed by atoms with Crippen molar-refractivity contribution in [1.29, 1.82) is 0 Å². The second-order valence-corrected chi connectivity index (χ2v) is 10.0. The molecule has 36 heavy (non-hydrogen) atoms. The topological polar surface area (TPSA) is 84.3 Å². The molecule has 5 rings (SSSR count). The average Bonchev–Trinajstić information content (AvgIpc) is 2.91. The SMILES string of the molecule is CCCc1ccccc1-n1c(C)c(C(C)NC2CCCNC2)c(=O)c2cc(N3CCOCC3)nnc21. The predicted octanol–water partition coefficient (Wildman–Crippen LogP) is 3.28. The van der Waals surface area contributed by atoms with Gasteiger partial charge in [-0.25, -0.2) is 0 Å². The van der Waals surface area contributed by atoms with Crippen molar-refractivity contribution in [3.05, 3.63) is 57.4 Å². The molecule has 0 aliphatic carbocycles. The standard InChI is InChI=1S/C28H38N6O2/c1-4-8-21-9-5-6-11-24(21)34-20(3)26(19(2)30-22-10-7-12-29-18-22)27(35)23-17-25(31-32-28(23)34)33-13-15-36-16-14-33/h5-6,9,11,17,19,22,29-30H,4,7-8,10,12-16,18H2,1-3H3. The third-order valence-corrected chi connectivity index (χ3v) is 7.49. The Balaban J connectivity index is 1.69.